The van der Waals surface area contributed by atoms with E-state index in [2.05, 4.69) is 51.8 Å². The lowest BCUT2D eigenvalue weighted by molar-refractivity contribution is 0.742. The van der Waals surface area contributed by atoms with Crippen LogP contribution in [0.2, 0.25) is 0 Å². The van der Waals surface area contributed by atoms with Gasteiger partial charge in [-0.3, -0.25) is 0 Å². The molecule has 20 heavy (non-hydrogen) atoms. The number of rotatable bonds is 6. The molecule has 0 saturated carbocycles. The lowest BCUT2D eigenvalue weighted by Gasteiger charge is -2.19. The van der Waals surface area contributed by atoms with Crippen molar-refractivity contribution in [3.63, 3.8) is 0 Å². The summed E-state index contributed by atoms with van der Waals surface area (Å²) in [5.74, 6) is 1.56. The number of hydrogen-bond donors (Lipinski definition) is 2. The summed E-state index contributed by atoms with van der Waals surface area (Å²) in [5, 5.41) is 6.66. The highest BCUT2D eigenvalue weighted by Gasteiger charge is 2.11. The molecule has 4 heteroatoms. The van der Waals surface area contributed by atoms with Gasteiger partial charge in [0.15, 0.2) is 0 Å². The summed E-state index contributed by atoms with van der Waals surface area (Å²) >= 11 is 0. The van der Waals surface area contributed by atoms with Crippen LogP contribution in [-0.4, -0.2) is 16.5 Å². The van der Waals surface area contributed by atoms with E-state index in [1.165, 1.54) is 5.56 Å². The molecule has 2 N–H and O–H groups in total. The molecule has 0 saturated heterocycles. The Balaban J connectivity index is 2.21. The van der Waals surface area contributed by atoms with Crippen LogP contribution >= 0.6 is 0 Å². The van der Waals surface area contributed by atoms with Gasteiger partial charge in [0.2, 0.25) is 5.95 Å². The summed E-state index contributed by atoms with van der Waals surface area (Å²) < 4.78 is 0. The van der Waals surface area contributed by atoms with Crippen LogP contribution in [0.25, 0.3) is 0 Å². The molecule has 2 rings (SSSR count). The zero-order valence-corrected chi connectivity index (χ0v) is 12.4. The van der Waals surface area contributed by atoms with Crippen molar-refractivity contribution >= 4 is 11.8 Å². The number of nitrogens with one attached hydrogen (secondary N) is 2. The van der Waals surface area contributed by atoms with Crippen molar-refractivity contribution in [2.24, 2.45) is 0 Å². The molecule has 1 aromatic heterocycles. The van der Waals surface area contributed by atoms with Crippen molar-refractivity contribution in [3.8, 4) is 0 Å². The van der Waals surface area contributed by atoms with Gasteiger partial charge < -0.3 is 10.6 Å². The third kappa shape index (κ3) is 3.47. The van der Waals surface area contributed by atoms with Crippen molar-refractivity contribution in [3.05, 3.63) is 47.7 Å². The Morgan fingerprint density at radius 3 is 2.55 bits per heavy atom. The minimum absolute atomic E-state index is 0.263. The molecule has 0 aliphatic carbocycles. The number of hydrogen-bond acceptors (Lipinski definition) is 4. The standard InChI is InChI=1S/C16H22N4/c1-4-14(13-9-7-6-8-10-13)19-15-12(3)11-18-16(20-15)17-5-2/h6-11,14H,4-5H2,1-3H3,(H2,17,18,19,20). The monoisotopic (exact) mass is 270 g/mol. The Hall–Kier alpha value is -2.10. The highest BCUT2D eigenvalue weighted by molar-refractivity contribution is 5.48. The molecule has 2 aromatic rings. The minimum Gasteiger partial charge on any atom is -0.363 e. The fraction of sp³-hybridized carbons (Fsp3) is 0.375. The van der Waals surface area contributed by atoms with Gasteiger partial charge in [-0.05, 0) is 25.8 Å². The minimum atomic E-state index is 0.263. The molecule has 1 unspecified atom stereocenters. The number of aromatic nitrogens is 2. The molecule has 1 atom stereocenters. The predicted octanol–water partition coefficient (Wildman–Crippen LogP) is 3.78. The first-order valence-electron chi connectivity index (χ1n) is 7.13. The molecule has 1 heterocycles. The molecular weight excluding hydrogens is 248 g/mol. The summed E-state index contributed by atoms with van der Waals surface area (Å²) in [6.45, 7) is 7.05. The SMILES string of the molecule is CCNc1ncc(C)c(NC(CC)c2ccccc2)n1. The van der Waals surface area contributed by atoms with E-state index < -0.39 is 0 Å². The Labute approximate surface area is 120 Å². The van der Waals surface area contributed by atoms with E-state index in [4.69, 9.17) is 0 Å². The number of anilines is 2. The summed E-state index contributed by atoms with van der Waals surface area (Å²) in [5.41, 5.74) is 2.33. The Morgan fingerprint density at radius 2 is 1.90 bits per heavy atom. The van der Waals surface area contributed by atoms with Crippen LogP contribution in [0.3, 0.4) is 0 Å². The zero-order chi connectivity index (χ0) is 14.4. The maximum absolute atomic E-state index is 4.54. The van der Waals surface area contributed by atoms with Crippen LogP contribution in [-0.2, 0) is 0 Å². The second-order valence-corrected chi connectivity index (χ2v) is 4.77. The first kappa shape index (κ1) is 14.3. The Bertz CT molecular complexity index is 539. The van der Waals surface area contributed by atoms with Gasteiger partial charge in [-0.2, -0.15) is 4.98 Å². The van der Waals surface area contributed by atoms with Crippen molar-refractivity contribution < 1.29 is 0 Å². The molecule has 0 aliphatic rings. The van der Waals surface area contributed by atoms with Crippen LogP contribution < -0.4 is 10.6 Å². The molecule has 0 bridgehead atoms. The first-order valence-corrected chi connectivity index (χ1v) is 7.13. The van der Waals surface area contributed by atoms with Gasteiger partial charge >= 0.3 is 0 Å². The van der Waals surface area contributed by atoms with Gasteiger partial charge in [0, 0.05) is 18.3 Å². The average Bonchev–Trinajstić information content (AvgIpc) is 2.49. The molecule has 0 amide bonds. The number of aryl methyl sites for hydroxylation is 1. The molecular formula is C16H22N4. The number of nitrogens with zero attached hydrogens (tertiary/aromatic N) is 2. The van der Waals surface area contributed by atoms with Gasteiger partial charge in [-0.1, -0.05) is 37.3 Å². The predicted molar refractivity (Wildman–Crippen MR) is 84.0 cm³/mol. The normalized spacial score (nSPS) is 11.9. The van der Waals surface area contributed by atoms with Crippen molar-refractivity contribution in [1.82, 2.24) is 9.97 Å². The molecule has 1 aromatic carbocycles. The Kier molecular flexibility index (Phi) is 4.93. The van der Waals surface area contributed by atoms with E-state index in [-0.39, 0.29) is 6.04 Å². The summed E-state index contributed by atoms with van der Waals surface area (Å²) in [6, 6.07) is 10.7. The fourth-order valence-electron chi connectivity index (χ4n) is 2.10. The zero-order valence-electron chi connectivity index (χ0n) is 12.4. The topological polar surface area (TPSA) is 49.8 Å². The van der Waals surface area contributed by atoms with Crippen LogP contribution in [0, 0.1) is 6.92 Å². The molecule has 0 aliphatic heterocycles. The lowest BCUT2D eigenvalue weighted by Crippen LogP contribution is -2.13. The van der Waals surface area contributed by atoms with E-state index in [1.54, 1.807) is 0 Å². The van der Waals surface area contributed by atoms with E-state index in [1.807, 2.05) is 26.1 Å². The summed E-state index contributed by atoms with van der Waals surface area (Å²) in [6.07, 6.45) is 2.86. The second kappa shape index (κ2) is 6.89. The van der Waals surface area contributed by atoms with Crippen LogP contribution in [0.15, 0.2) is 36.5 Å². The highest BCUT2D eigenvalue weighted by Crippen LogP contribution is 2.23. The lowest BCUT2D eigenvalue weighted by atomic mass is 10.0. The quantitative estimate of drug-likeness (QED) is 0.838. The molecule has 4 nitrogen and oxygen atoms in total. The van der Waals surface area contributed by atoms with Crippen molar-refractivity contribution in [1.29, 1.82) is 0 Å². The van der Waals surface area contributed by atoms with Gasteiger partial charge in [-0.25, -0.2) is 4.98 Å². The second-order valence-electron chi connectivity index (χ2n) is 4.77. The van der Waals surface area contributed by atoms with Gasteiger partial charge in [0.05, 0.1) is 6.04 Å². The highest BCUT2D eigenvalue weighted by atomic mass is 15.1. The Morgan fingerprint density at radius 1 is 1.15 bits per heavy atom. The van der Waals surface area contributed by atoms with Crippen molar-refractivity contribution in [2.75, 3.05) is 17.2 Å². The summed E-state index contributed by atoms with van der Waals surface area (Å²) in [4.78, 5) is 8.81. The maximum atomic E-state index is 4.54. The van der Waals surface area contributed by atoms with Gasteiger partial charge in [0.25, 0.3) is 0 Å². The third-order valence-electron chi connectivity index (χ3n) is 3.23. The van der Waals surface area contributed by atoms with E-state index in [0.717, 1.165) is 24.3 Å². The number of benzene rings is 1. The maximum Gasteiger partial charge on any atom is 0.224 e. The van der Waals surface area contributed by atoms with Gasteiger partial charge in [-0.15, -0.1) is 0 Å². The van der Waals surface area contributed by atoms with Crippen molar-refractivity contribution in [2.45, 2.75) is 33.2 Å². The van der Waals surface area contributed by atoms with Crippen LogP contribution in [0.1, 0.15) is 37.4 Å². The molecule has 0 fully saturated rings. The van der Waals surface area contributed by atoms with Crippen LogP contribution in [0.5, 0.6) is 0 Å². The van der Waals surface area contributed by atoms with E-state index in [9.17, 15) is 0 Å². The van der Waals surface area contributed by atoms with Crippen LogP contribution in [0.4, 0.5) is 11.8 Å². The average molecular weight is 270 g/mol. The first-order chi connectivity index (χ1) is 9.74. The van der Waals surface area contributed by atoms with E-state index >= 15 is 0 Å². The summed E-state index contributed by atoms with van der Waals surface area (Å²) in [7, 11) is 0. The van der Waals surface area contributed by atoms with Gasteiger partial charge in [0.1, 0.15) is 5.82 Å². The van der Waals surface area contributed by atoms with E-state index in [0.29, 0.717) is 5.95 Å². The third-order valence-corrected chi connectivity index (χ3v) is 3.23. The smallest absolute Gasteiger partial charge is 0.224 e. The molecule has 0 radical (unpaired) electrons. The fourth-order valence-corrected chi connectivity index (χ4v) is 2.10. The largest absolute Gasteiger partial charge is 0.363 e. The molecule has 0 spiro atoms. The molecule has 106 valence electrons.